The van der Waals surface area contributed by atoms with E-state index < -0.39 is 11.7 Å². The fourth-order valence-corrected chi connectivity index (χ4v) is 4.35. The summed E-state index contributed by atoms with van der Waals surface area (Å²) in [4.78, 5) is 19.2. The summed E-state index contributed by atoms with van der Waals surface area (Å²) >= 11 is 5.95. The first kappa shape index (κ1) is 24.2. The first-order valence-electron chi connectivity index (χ1n) is 11.7. The Morgan fingerprint density at radius 3 is 2.61 bits per heavy atom. The van der Waals surface area contributed by atoms with Crippen molar-refractivity contribution >= 4 is 22.6 Å². The Morgan fingerprint density at radius 2 is 1.89 bits per heavy atom. The van der Waals surface area contributed by atoms with Gasteiger partial charge in [-0.05, 0) is 61.2 Å². The smallest absolute Gasteiger partial charge is 0.193 e. The molecule has 1 saturated heterocycles. The highest BCUT2D eigenvalue weighted by molar-refractivity contribution is 6.30. The zero-order valence-corrected chi connectivity index (χ0v) is 20.5. The topological polar surface area (TPSA) is 86.8 Å². The van der Waals surface area contributed by atoms with Gasteiger partial charge in [0.25, 0.3) is 0 Å². The average Bonchev–Trinajstić information content (AvgIpc) is 2.86. The molecule has 0 unspecified atom stereocenters. The number of β-amino-alcohol motifs (C(OH)–C–C–N with tert-alkyl or cyclic N) is 1. The number of aromatic nitrogens is 1. The number of piperidine rings is 1. The highest BCUT2D eigenvalue weighted by Crippen LogP contribution is 2.24. The van der Waals surface area contributed by atoms with E-state index in [1.54, 1.807) is 25.3 Å². The number of hydrogen-bond donors (Lipinski definition) is 2. The van der Waals surface area contributed by atoms with Gasteiger partial charge in [-0.25, -0.2) is 4.98 Å². The molecule has 5 rings (SSSR count). The molecule has 3 heterocycles. The Hall–Kier alpha value is -3.47. The number of rotatable bonds is 3. The minimum Gasteiger partial charge on any atom is -0.459 e. The average molecular weight is 501 g/mol. The van der Waals surface area contributed by atoms with Crippen molar-refractivity contribution in [2.24, 2.45) is 0 Å². The minimum absolute atomic E-state index is 0.148. The van der Waals surface area contributed by atoms with Crippen molar-refractivity contribution < 1.29 is 14.6 Å². The highest BCUT2D eigenvalue weighted by atomic mass is 35.5. The predicted octanol–water partition coefficient (Wildman–Crippen LogP) is 4.23. The maximum atomic E-state index is 12.8. The number of halogens is 1. The monoisotopic (exact) mass is 500 g/mol. The van der Waals surface area contributed by atoms with Crippen LogP contribution in [0.25, 0.3) is 22.1 Å². The third kappa shape index (κ3) is 5.35. The van der Waals surface area contributed by atoms with Crippen LogP contribution in [0.15, 0.2) is 76.1 Å². The molecule has 1 aliphatic rings. The number of hydrogen-bond acceptors (Lipinski definition) is 6. The first-order valence-corrected chi connectivity index (χ1v) is 12.1. The third-order valence-electron chi connectivity index (χ3n) is 6.52. The number of aliphatic hydroxyl groups excluding tert-OH is 1. The molecule has 0 bridgehead atoms. The van der Waals surface area contributed by atoms with Gasteiger partial charge >= 0.3 is 0 Å². The number of aliphatic hydroxyl groups is 2. The van der Waals surface area contributed by atoms with E-state index in [2.05, 4.69) is 16.8 Å². The normalized spacial score (nSPS) is 20.2. The van der Waals surface area contributed by atoms with Crippen molar-refractivity contribution in [1.82, 2.24) is 9.88 Å². The van der Waals surface area contributed by atoms with Gasteiger partial charge in [0.15, 0.2) is 5.43 Å². The summed E-state index contributed by atoms with van der Waals surface area (Å²) in [5, 5.41) is 21.4. The molecule has 1 aliphatic heterocycles. The number of fused-ring (bicyclic) bond motifs is 1. The second-order valence-electron chi connectivity index (χ2n) is 9.33. The second kappa shape index (κ2) is 9.88. The van der Waals surface area contributed by atoms with Gasteiger partial charge in [-0.15, -0.1) is 0 Å². The molecule has 0 radical (unpaired) electrons. The molecule has 6 nitrogen and oxygen atoms in total. The van der Waals surface area contributed by atoms with Crippen LogP contribution in [-0.4, -0.2) is 44.9 Å². The molecule has 0 saturated carbocycles. The SMILES string of the molecule is C[C@@]1(O)CCN(Cc2cc(=O)c3cc(C#Cc4ccc(-c5ccc(Cl)cc5)cn4)ccc3o2)C[C@@H]1O. The van der Waals surface area contributed by atoms with Gasteiger partial charge in [0.05, 0.1) is 23.6 Å². The third-order valence-corrected chi connectivity index (χ3v) is 6.77. The Kier molecular flexibility index (Phi) is 6.65. The first-order chi connectivity index (χ1) is 17.3. The zero-order chi connectivity index (χ0) is 25.3. The molecule has 1 fully saturated rings. The van der Waals surface area contributed by atoms with Gasteiger partial charge in [-0.3, -0.25) is 9.69 Å². The number of nitrogens with zero attached hydrogens (tertiary/aromatic N) is 2. The van der Waals surface area contributed by atoms with E-state index in [-0.39, 0.29) is 5.43 Å². The van der Waals surface area contributed by atoms with Crippen molar-refractivity contribution in [3.63, 3.8) is 0 Å². The van der Waals surface area contributed by atoms with Crippen LogP contribution in [0.2, 0.25) is 5.02 Å². The van der Waals surface area contributed by atoms with Crippen LogP contribution in [0, 0.1) is 11.8 Å². The van der Waals surface area contributed by atoms with Crippen molar-refractivity contribution in [2.45, 2.75) is 31.6 Å². The molecular weight excluding hydrogens is 476 g/mol. The molecule has 0 spiro atoms. The Labute approximate surface area is 213 Å². The van der Waals surface area contributed by atoms with Gasteiger partial charge in [0.1, 0.15) is 17.0 Å². The van der Waals surface area contributed by atoms with Crippen LogP contribution < -0.4 is 5.43 Å². The molecule has 2 aromatic heterocycles. The number of likely N-dealkylation sites (tertiary alicyclic amines) is 1. The predicted molar refractivity (Wildman–Crippen MR) is 140 cm³/mol. The maximum Gasteiger partial charge on any atom is 0.193 e. The van der Waals surface area contributed by atoms with Gasteiger partial charge in [0.2, 0.25) is 0 Å². The van der Waals surface area contributed by atoms with Crippen molar-refractivity contribution in [3.05, 3.63) is 99.1 Å². The lowest BCUT2D eigenvalue weighted by atomic mass is 9.91. The summed E-state index contributed by atoms with van der Waals surface area (Å²) in [6.45, 7) is 2.95. The molecule has 4 aromatic rings. The van der Waals surface area contributed by atoms with Crippen molar-refractivity contribution in [1.29, 1.82) is 0 Å². The lowest BCUT2D eigenvalue weighted by Gasteiger charge is -2.39. The molecule has 182 valence electrons. The summed E-state index contributed by atoms with van der Waals surface area (Å²) in [6, 6.07) is 18.1. The van der Waals surface area contributed by atoms with Crippen LogP contribution in [-0.2, 0) is 6.54 Å². The highest BCUT2D eigenvalue weighted by Gasteiger charge is 2.36. The Bertz CT molecular complexity index is 1520. The Balaban J connectivity index is 1.31. The van der Waals surface area contributed by atoms with Crippen LogP contribution in [0.3, 0.4) is 0 Å². The second-order valence-corrected chi connectivity index (χ2v) is 9.77. The number of benzene rings is 2. The fourth-order valence-electron chi connectivity index (χ4n) is 4.23. The molecule has 36 heavy (non-hydrogen) atoms. The van der Waals surface area contributed by atoms with Crippen molar-refractivity contribution in [3.8, 4) is 23.0 Å². The maximum absolute atomic E-state index is 12.8. The van der Waals surface area contributed by atoms with Gasteiger partial charge in [0, 0.05) is 41.5 Å². The zero-order valence-electron chi connectivity index (χ0n) is 19.7. The summed E-state index contributed by atoms with van der Waals surface area (Å²) in [5.74, 6) is 6.63. The fraction of sp³-hybridized carbons (Fsp3) is 0.241. The summed E-state index contributed by atoms with van der Waals surface area (Å²) < 4.78 is 5.96. The van der Waals surface area contributed by atoms with E-state index in [4.69, 9.17) is 16.0 Å². The lowest BCUT2D eigenvalue weighted by molar-refractivity contribution is -0.109. The van der Waals surface area contributed by atoms with E-state index in [9.17, 15) is 15.0 Å². The molecule has 2 N–H and O–H groups in total. The molecule has 7 heteroatoms. The van der Waals surface area contributed by atoms with Crippen LogP contribution in [0.1, 0.15) is 30.4 Å². The van der Waals surface area contributed by atoms with Crippen LogP contribution in [0.4, 0.5) is 0 Å². The van der Waals surface area contributed by atoms with E-state index in [0.717, 1.165) is 11.1 Å². The van der Waals surface area contributed by atoms with E-state index >= 15 is 0 Å². The molecule has 2 atom stereocenters. The molecule has 0 amide bonds. The van der Waals surface area contributed by atoms with Gasteiger partial charge in [-0.2, -0.15) is 0 Å². The molecule has 2 aromatic carbocycles. The summed E-state index contributed by atoms with van der Waals surface area (Å²) in [5.41, 5.74) is 2.55. The van der Waals surface area contributed by atoms with E-state index in [1.807, 2.05) is 47.4 Å². The van der Waals surface area contributed by atoms with Gasteiger partial charge < -0.3 is 14.6 Å². The van der Waals surface area contributed by atoms with Crippen LogP contribution >= 0.6 is 11.6 Å². The van der Waals surface area contributed by atoms with E-state index in [0.29, 0.717) is 59.1 Å². The lowest BCUT2D eigenvalue weighted by Crippen LogP contribution is -2.53. The Morgan fingerprint density at radius 1 is 1.11 bits per heavy atom. The quantitative estimate of drug-likeness (QED) is 0.409. The minimum atomic E-state index is -1.09. The summed E-state index contributed by atoms with van der Waals surface area (Å²) in [6.07, 6.45) is 1.38. The van der Waals surface area contributed by atoms with Crippen LogP contribution in [0.5, 0.6) is 0 Å². The molecular formula is C29H25ClN2O4. The standard InChI is InChI=1S/C29H25ClN2O4/c1-29(35)12-13-32(18-28(29)34)17-24-15-26(33)25-14-19(3-11-27(25)36-24)2-9-23-10-6-21(16-31-23)20-4-7-22(30)8-5-20/h3-8,10-11,14-16,28,34-35H,12-13,17-18H2,1H3/t28-,29+/m0/s1. The van der Waals surface area contributed by atoms with Crippen molar-refractivity contribution in [2.75, 3.05) is 13.1 Å². The van der Waals surface area contributed by atoms with Gasteiger partial charge in [-0.1, -0.05) is 35.7 Å². The number of pyridine rings is 1. The largest absolute Gasteiger partial charge is 0.459 e. The summed E-state index contributed by atoms with van der Waals surface area (Å²) in [7, 11) is 0. The van der Waals surface area contributed by atoms with E-state index in [1.165, 1.54) is 6.07 Å². The molecule has 0 aliphatic carbocycles.